The molecular weight excluding hydrogens is 783 g/mol. The van der Waals surface area contributed by atoms with Crippen LogP contribution in [0.25, 0.3) is 133 Å². The van der Waals surface area contributed by atoms with Crippen LogP contribution in [0.4, 0.5) is 0 Å². The van der Waals surface area contributed by atoms with Crippen molar-refractivity contribution in [2.24, 2.45) is 0 Å². The quantitative estimate of drug-likeness (QED) is 0.167. The zero-order valence-corrected chi connectivity index (χ0v) is 34.4. The molecule has 0 saturated heterocycles. The third-order valence-corrected chi connectivity index (χ3v) is 12.5. The van der Waals surface area contributed by atoms with Crippen LogP contribution in [-0.2, 0) is 0 Å². The maximum absolute atomic E-state index is 6.87. The molecule has 0 bridgehead atoms. The smallest absolute Gasteiger partial charge is 0.167 e. The Labute approximate surface area is 367 Å². The van der Waals surface area contributed by atoms with E-state index in [1.54, 1.807) is 0 Å². The summed E-state index contributed by atoms with van der Waals surface area (Å²) in [7, 11) is 0. The first-order chi connectivity index (χ1) is 31.7. The van der Waals surface area contributed by atoms with Gasteiger partial charge in [0.25, 0.3) is 0 Å². The summed E-state index contributed by atoms with van der Waals surface area (Å²) in [5.41, 5.74) is 12.6. The van der Waals surface area contributed by atoms with Crippen LogP contribution in [-0.4, -0.2) is 15.0 Å². The largest absolute Gasteiger partial charge is 0.455 e. The highest BCUT2D eigenvalue weighted by atomic mass is 16.3. The minimum atomic E-state index is 0.549. The number of fused-ring (bicyclic) bond motifs is 8. The maximum atomic E-state index is 6.87. The summed E-state index contributed by atoms with van der Waals surface area (Å²) >= 11 is 0. The molecule has 0 aliphatic carbocycles. The van der Waals surface area contributed by atoms with Crippen molar-refractivity contribution in [3.8, 4) is 67.5 Å². The Morgan fingerprint density at radius 1 is 0.266 bits per heavy atom. The summed E-state index contributed by atoms with van der Waals surface area (Å²) < 4.78 is 13.4. The van der Waals surface area contributed by atoms with Crippen LogP contribution >= 0.6 is 0 Å². The van der Waals surface area contributed by atoms with E-state index in [1.807, 2.05) is 36.4 Å². The molecule has 0 fully saturated rings. The Hall–Kier alpha value is -8.67. The van der Waals surface area contributed by atoms with E-state index in [4.69, 9.17) is 23.8 Å². The zero-order valence-electron chi connectivity index (χ0n) is 34.4. The molecule has 0 aliphatic rings. The first kappa shape index (κ1) is 36.0. The third kappa shape index (κ3) is 5.98. The molecule has 13 aromatic rings. The van der Waals surface area contributed by atoms with Gasteiger partial charge in [0, 0.05) is 38.2 Å². The van der Waals surface area contributed by atoms with E-state index in [-0.39, 0.29) is 0 Å². The summed E-state index contributed by atoms with van der Waals surface area (Å²) in [5, 5.41) is 8.83. The van der Waals surface area contributed by atoms with E-state index in [9.17, 15) is 0 Å². The number of hydrogen-bond donors (Lipinski definition) is 0. The van der Waals surface area contributed by atoms with E-state index in [0.717, 1.165) is 99.0 Å². The predicted octanol–water partition coefficient (Wildman–Crippen LogP) is 16.0. The van der Waals surface area contributed by atoms with Gasteiger partial charge in [-0.15, -0.1) is 0 Å². The van der Waals surface area contributed by atoms with Gasteiger partial charge in [0.05, 0.1) is 5.56 Å². The van der Waals surface area contributed by atoms with Crippen molar-refractivity contribution < 1.29 is 8.83 Å². The zero-order chi connectivity index (χ0) is 42.1. The Morgan fingerprint density at radius 3 is 1.61 bits per heavy atom. The lowest BCUT2D eigenvalue weighted by Gasteiger charge is -2.11. The van der Waals surface area contributed by atoms with Gasteiger partial charge < -0.3 is 8.83 Å². The number of benzene rings is 10. The Morgan fingerprint density at radius 2 is 0.812 bits per heavy atom. The second-order valence-electron chi connectivity index (χ2n) is 16.3. The van der Waals surface area contributed by atoms with Crippen molar-refractivity contribution in [2.75, 3.05) is 0 Å². The van der Waals surface area contributed by atoms with Crippen LogP contribution in [0.3, 0.4) is 0 Å². The molecule has 0 spiro atoms. The second-order valence-corrected chi connectivity index (χ2v) is 16.3. The molecule has 0 aliphatic heterocycles. The first-order valence-electron chi connectivity index (χ1n) is 21.5. The Kier molecular flexibility index (Phi) is 8.15. The van der Waals surface area contributed by atoms with Crippen molar-refractivity contribution in [1.29, 1.82) is 0 Å². The fourth-order valence-corrected chi connectivity index (χ4v) is 9.31. The summed E-state index contributed by atoms with van der Waals surface area (Å²) in [6.45, 7) is 0. The highest BCUT2D eigenvalue weighted by molar-refractivity contribution is 6.19. The van der Waals surface area contributed by atoms with Gasteiger partial charge >= 0.3 is 0 Å². The van der Waals surface area contributed by atoms with Gasteiger partial charge in [-0.2, -0.15) is 0 Å². The molecule has 13 rings (SSSR count). The molecule has 0 atom stereocenters. The van der Waals surface area contributed by atoms with E-state index >= 15 is 0 Å². The van der Waals surface area contributed by atoms with Gasteiger partial charge in [-0.25, -0.2) is 15.0 Å². The molecule has 0 unspecified atom stereocenters. The molecule has 64 heavy (non-hydrogen) atoms. The number of hydrogen-bond acceptors (Lipinski definition) is 5. The number of furan rings is 2. The highest BCUT2D eigenvalue weighted by Crippen LogP contribution is 2.44. The molecule has 5 nitrogen and oxygen atoms in total. The Bertz CT molecular complexity index is 3940. The summed E-state index contributed by atoms with van der Waals surface area (Å²) in [4.78, 5) is 15.4. The van der Waals surface area contributed by atoms with Crippen LogP contribution in [0.1, 0.15) is 0 Å². The fraction of sp³-hybridized carbons (Fsp3) is 0. The molecule has 0 N–H and O–H groups in total. The number of rotatable bonds is 6. The highest BCUT2D eigenvalue weighted by Gasteiger charge is 2.21. The van der Waals surface area contributed by atoms with Gasteiger partial charge in [0.15, 0.2) is 17.5 Å². The monoisotopic (exact) mass is 817 g/mol. The fourth-order valence-electron chi connectivity index (χ4n) is 9.31. The van der Waals surface area contributed by atoms with Crippen molar-refractivity contribution >= 4 is 65.4 Å². The molecule has 0 radical (unpaired) electrons. The molecule has 5 heteroatoms. The topological polar surface area (TPSA) is 65.0 Å². The first-order valence-corrected chi connectivity index (χ1v) is 21.5. The van der Waals surface area contributed by atoms with Gasteiger partial charge in [-0.3, -0.25) is 0 Å². The minimum Gasteiger partial charge on any atom is -0.455 e. The predicted molar refractivity (Wildman–Crippen MR) is 262 cm³/mol. The molecule has 3 heterocycles. The maximum Gasteiger partial charge on any atom is 0.167 e. The lowest BCUT2D eigenvalue weighted by Crippen LogP contribution is -2.00. The minimum absolute atomic E-state index is 0.549. The van der Waals surface area contributed by atoms with Gasteiger partial charge in [0.2, 0.25) is 0 Å². The van der Waals surface area contributed by atoms with E-state index in [1.165, 1.54) is 16.5 Å². The van der Waals surface area contributed by atoms with Crippen LogP contribution in [0.15, 0.2) is 221 Å². The normalized spacial score (nSPS) is 11.8. The lowest BCUT2D eigenvalue weighted by molar-refractivity contribution is 0.669. The standard InChI is InChI=1S/C59H35N3O2/c1-2-11-36(12-3-1)38-21-24-40(25-22-38)47-32-31-46(54-51-34-43-15-6-7-16-44(43)35-53(51)64-56(47)54)39-26-28-41(29-27-39)57-60-58(45-30-23-37-13-4-5-14-42(37)33-45)62-59(61-57)50-19-10-18-49-48-17-8-9-20-52(48)63-55(49)50/h1-35H. The van der Waals surface area contributed by atoms with Crippen LogP contribution in [0, 0.1) is 0 Å². The summed E-state index contributed by atoms with van der Waals surface area (Å²) in [6, 6.07) is 74.1. The van der Waals surface area contributed by atoms with E-state index in [0.29, 0.717) is 17.5 Å². The molecule has 3 aromatic heterocycles. The van der Waals surface area contributed by atoms with Crippen LogP contribution < -0.4 is 0 Å². The molecule has 298 valence electrons. The van der Waals surface area contributed by atoms with E-state index in [2.05, 4.69) is 176 Å². The van der Waals surface area contributed by atoms with Crippen LogP contribution in [0.2, 0.25) is 0 Å². The molecule has 10 aromatic carbocycles. The van der Waals surface area contributed by atoms with Crippen molar-refractivity contribution in [3.63, 3.8) is 0 Å². The van der Waals surface area contributed by atoms with Crippen LogP contribution in [0.5, 0.6) is 0 Å². The van der Waals surface area contributed by atoms with Crippen molar-refractivity contribution in [1.82, 2.24) is 15.0 Å². The van der Waals surface area contributed by atoms with Gasteiger partial charge in [-0.05, 0) is 85.8 Å². The van der Waals surface area contributed by atoms with E-state index < -0.39 is 0 Å². The summed E-state index contributed by atoms with van der Waals surface area (Å²) in [5.74, 6) is 1.72. The van der Waals surface area contributed by atoms with Crippen molar-refractivity contribution in [3.05, 3.63) is 212 Å². The Balaban J connectivity index is 0.959. The third-order valence-electron chi connectivity index (χ3n) is 12.5. The summed E-state index contributed by atoms with van der Waals surface area (Å²) in [6.07, 6.45) is 0. The van der Waals surface area contributed by atoms with Gasteiger partial charge in [0.1, 0.15) is 22.3 Å². The SMILES string of the molecule is c1ccc(-c2ccc(-c3ccc(-c4ccc(-c5nc(-c6ccc7ccccc7c6)nc(-c6cccc7c6oc6ccccc67)n5)cc4)c4c3oc3cc5ccccc5cc34)cc2)cc1. The van der Waals surface area contributed by atoms with Gasteiger partial charge in [-0.1, -0.05) is 176 Å². The molecular formula is C59H35N3O2. The number of aromatic nitrogens is 3. The average molecular weight is 818 g/mol. The molecule has 0 saturated carbocycles. The molecule has 0 amide bonds. The van der Waals surface area contributed by atoms with Crippen molar-refractivity contribution in [2.45, 2.75) is 0 Å². The number of para-hydroxylation sites is 2. The second kappa shape index (κ2) is 14.5. The number of nitrogens with zero attached hydrogens (tertiary/aromatic N) is 3. The lowest BCUT2D eigenvalue weighted by atomic mass is 9.93. The average Bonchev–Trinajstić information content (AvgIpc) is 3.94.